The monoisotopic (exact) mass is 539 g/mol. The van der Waals surface area contributed by atoms with Crippen LogP contribution in [-0.2, 0) is 5.54 Å². The predicted molar refractivity (Wildman–Crippen MR) is 164 cm³/mol. The Bertz CT molecular complexity index is 1770. The van der Waals surface area contributed by atoms with Crippen LogP contribution in [-0.4, -0.2) is 36.4 Å². The number of hydrogen-bond acceptors (Lipinski definition) is 6. The number of nitrogens with zero attached hydrogens (tertiary/aromatic N) is 4. The summed E-state index contributed by atoms with van der Waals surface area (Å²) in [5, 5.41) is 6.27. The van der Waals surface area contributed by atoms with Crippen LogP contribution in [0.15, 0.2) is 95.0 Å². The molecule has 7 nitrogen and oxygen atoms in total. The van der Waals surface area contributed by atoms with E-state index in [1.165, 1.54) is 11.2 Å². The van der Waals surface area contributed by atoms with E-state index in [-0.39, 0.29) is 5.91 Å². The molecule has 4 aromatic carbocycles. The van der Waals surface area contributed by atoms with Gasteiger partial charge in [-0.05, 0) is 50.2 Å². The normalized spacial score (nSPS) is 16.9. The fraction of sp³-hybridized carbons (Fsp3) is 0.147. The number of fused-ring (bicyclic) bond motifs is 6. The molecule has 1 atom stereocenters. The maximum Gasteiger partial charge on any atom is 0.275 e. The number of benzene rings is 4. The second-order valence-corrected chi connectivity index (χ2v) is 9.82. The number of hydrazone groups is 1. The van der Waals surface area contributed by atoms with E-state index in [4.69, 9.17) is 22.0 Å². The first kappa shape index (κ1) is 25.9. The number of carbonyl (C=O) groups excluding carboxylic acids is 1. The Morgan fingerprint density at radius 3 is 2.46 bits per heavy atom. The first-order chi connectivity index (χ1) is 20.0. The number of amides is 1. The minimum Gasteiger partial charge on any atom is -0.456 e. The lowest BCUT2D eigenvalue weighted by Crippen LogP contribution is -2.44. The third-order valence-corrected chi connectivity index (χ3v) is 7.64. The van der Waals surface area contributed by atoms with E-state index in [0.717, 1.165) is 41.0 Å². The molecule has 2 heterocycles. The summed E-state index contributed by atoms with van der Waals surface area (Å²) in [5.74, 6) is 3.63. The third-order valence-electron chi connectivity index (χ3n) is 7.64. The number of anilines is 2. The second-order valence-electron chi connectivity index (χ2n) is 9.82. The third kappa shape index (κ3) is 4.12. The molecular weight excluding hydrogens is 510 g/mol. The van der Waals surface area contributed by atoms with Crippen molar-refractivity contribution in [2.75, 3.05) is 23.7 Å². The molecule has 2 aliphatic rings. The number of aliphatic imine (C=N–C) groups is 1. The van der Waals surface area contributed by atoms with Crippen molar-refractivity contribution in [3.05, 3.63) is 113 Å². The van der Waals surface area contributed by atoms with Gasteiger partial charge in [-0.1, -0.05) is 42.3 Å². The lowest BCUT2D eigenvalue weighted by Gasteiger charge is -2.42. The highest BCUT2D eigenvalue weighted by Crippen LogP contribution is 2.58. The van der Waals surface area contributed by atoms with E-state index >= 15 is 0 Å². The summed E-state index contributed by atoms with van der Waals surface area (Å²) in [4.78, 5) is 20.8. The number of hydrogen-bond donors (Lipinski definition) is 1. The molecule has 0 aliphatic carbocycles. The Balaban J connectivity index is 1.54. The molecule has 7 heteroatoms. The Morgan fingerprint density at radius 1 is 0.927 bits per heavy atom. The van der Waals surface area contributed by atoms with Crippen LogP contribution in [0.4, 0.5) is 17.1 Å². The molecule has 1 unspecified atom stereocenters. The number of nitrogens with two attached hydrogens (primary N) is 1. The molecule has 0 fully saturated rings. The Kier molecular flexibility index (Phi) is 6.52. The number of rotatable bonds is 6. The summed E-state index contributed by atoms with van der Waals surface area (Å²) in [6, 6.07) is 26.7. The van der Waals surface area contributed by atoms with Crippen LogP contribution in [0.2, 0.25) is 0 Å². The van der Waals surface area contributed by atoms with Crippen molar-refractivity contribution in [3.8, 4) is 23.8 Å². The molecule has 0 aromatic heterocycles. The summed E-state index contributed by atoms with van der Waals surface area (Å²) in [6.45, 7) is 5.94. The fourth-order valence-corrected chi connectivity index (χ4v) is 5.78. The topological polar surface area (TPSA) is 83.5 Å². The van der Waals surface area contributed by atoms with Crippen molar-refractivity contribution in [1.82, 2.24) is 5.01 Å². The van der Waals surface area contributed by atoms with Crippen LogP contribution in [0, 0.1) is 12.3 Å². The zero-order chi connectivity index (χ0) is 28.6. The summed E-state index contributed by atoms with van der Waals surface area (Å²) in [6.07, 6.45) is 8.62. The first-order valence-corrected chi connectivity index (χ1v) is 13.6. The van der Waals surface area contributed by atoms with Gasteiger partial charge in [-0.2, -0.15) is 5.10 Å². The van der Waals surface area contributed by atoms with Crippen LogP contribution in [0.25, 0.3) is 0 Å². The molecule has 0 radical (unpaired) electrons. The Hall–Kier alpha value is -5.35. The molecule has 6 rings (SSSR count). The number of ether oxygens (including phenoxy) is 1. The molecule has 0 bridgehead atoms. The lowest BCUT2D eigenvalue weighted by molar-refractivity contribution is 0.0675. The predicted octanol–water partition coefficient (Wildman–Crippen LogP) is 6.34. The molecule has 1 amide bonds. The van der Waals surface area contributed by atoms with Crippen LogP contribution < -0.4 is 15.4 Å². The van der Waals surface area contributed by atoms with Gasteiger partial charge in [-0.15, -0.1) is 6.42 Å². The second kappa shape index (κ2) is 10.3. The molecule has 2 N–H and O–H groups in total. The quantitative estimate of drug-likeness (QED) is 0.176. The number of terminal acetylenes is 1. The average Bonchev–Trinajstić information content (AvgIpc) is 3.24. The smallest absolute Gasteiger partial charge is 0.275 e. The van der Waals surface area contributed by atoms with Gasteiger partial charge >= 0.3 is 0 Å². The van der Waals surface area contributed by atoms with Gasteiger partial charge in [0.15, 0.2) is 0 Å². The SMILES string of the molecule is C#Cc1cccc(/N=C/C=N/N2C(=O)c3ccccc3C23c2ccc(N)cc2Oc2cc(N(CC)CC)ccc23)c1. The standard InChI is InChI=1S/C34H29N5O2/c1-4-23-10-9-11-25(20-23)36-18-19-37-39-33(40)27-12-7-8-13-28(27)34(39)29-16-14-24(35)21-31(29)41-32-22-26(15-17-30(32)34)38(5-2)6-3/h1,7-22H,5-6,35H2,2-3H3/b36-18+,37-19+. The molecule has 202 valence electrons. The zero-order valence-electron chi connectivity index (χ0n) is 22.9. The van der Waals surface area contributed by atoms with E-state index in [1.54, 1.807) is 12.3 Å². The minimum atomic E-state index is -1.07. The molecular formula is C34H29N5O2. The van der Waals surface area contributed by atoms with E-state index in [9.17, 15) is 4.79 Å². The van der Waals surface area contributed by atoms with Crippen LogP contribution in [0.5, 0.6) is 11.5 Å². The van der Waals surface area contributed by atoms with Gasteiger partial charge in [-0.25, -0.2) is 5.01 Å². The highest BCUT2D eigenvalue weighted by atomic mass is 16.5. The van der Waals surface area contributed by atoms with Crippen molar-refractivity contribution in [3.63, 3.8) is 0 Å². The highest BCUT2D eigenvalue weighted by Gasteiger charge is 2.57. The van der Waals surface area contributed by atoms with Gasteiger partial charge in [0.2, 0.25) is 0 Å². The maximum absolute atomic E-state index is 14.0. The Morgan fingerprint density at radius 2 is 1.68 bits per heavy atom. The molecule has 1 spiro atoms. The zero-order valence-corrected chi connectivity index (χ0v) is 22.9. The molecule has 0 saturated heterocycles. The number of nitrogen functional groups attached to an aromatic ring is 1. The summed E-state index contributed by atoms with van der Waals surface area (Å²) >= 11 is 0. The van der Waals surface area contributed by atoms with Crippen molar-refractivity contribution in [2.45, 2.75) is 19.4 Å². The minimum absolute atomic E-state index is 0.219. The summed E-state index contributed by atoms with van der Waals surface area (Å²) < 4.78 is 6.49. The maximum atomic E-state index is 14.0. The van der Waals surface area contributed by atoms with Crippen LogP contribution in [0.3, 0.4) is 0 Å². The average molecular weight is 540 g/mol. The molecule has 4 aromatic rings. The summed E-state index contributed by atoms with van der Waals surface area (Å²) in [7, 11) is 0. The van der Waals surface area contributed by atoms with Gasteiger partial charge < -0.3 is 15.4 Å². The van der Waals surface area contributed by atoms with Gasteiger partial charge in [0, 0.05) is 70.6 Å². The van der Waals surface area contributed by atoms with E-state index in [1.807, 2.05) is 72.8 Å². The lowest BCUT2D eigenvalue weighted by atomic mass is 9.75. The largest absolute Gasteiger partial charge is 0.456 e. The highest BCUT2D eigenvalue weighted by molar-refractivity contribution is 6.17. The molecule has 2 aliphatic heterocycles. The van der Waals surface area contributed by atoms with Crippen molar-refractivity contribution < 1.29 is 9.53 Å². The molecule has 41 heavy (non-hydrogen) atoms. The van der Waals surface area contributed by atoms with Gasteiger partial charge in [0.1, 0.15) is 17.0 Å². The van der Waals surface area contributed by atoms with Gasteiger partial charge in [-0.3, -0.25) is 9.79 Å². The fourth-order valence-electron chi connectivity index (χ4n) is 5.78. The van der Waals surface area contributed by atoms with E-state index in [2.05, 4.69) is 35.7 Å². The van der Waals surface area contributed by atoms with Crippen molar-refractivity contribution >= 4 is 35.4 Å². The summed E-state index contributed by atoms with van der Waals surface area (Å²) in [5.41, 5.74) is 11.2. The van der Waals surface area contributed by atoms with E-state index in [0.29, 0.717) is 28.4 Å². The molecule has 0 saturated carbocycles. The van der Waals surface area contributed by atoms with Gasteiger partial charge in [0.05, 0.1) is 11.9 Å². The van der Waals surface area contributed by atoms with Gasteiger partial charge in [0.25, 0.3) is 5.91 Å². The van der Waals surface area contributed by atoms with Crippen LogP contribution in [0.1, 0.15) is 46.5 Å². The van der Waals surface area contributed by atoms with Crippen LogP contribution >= 0.6 is 0 Å². The first-order valence-electron chi connectivity index (χ1n) is 13.6. The van der Waals surface area contributed by atoms with E-state index < -0.39 is 5.54 Å². The van der Waals surface area contributed by atoms with Crippen molar-refractivity contribution in [1.29, 1.82) is 0 Å². The van der Waals surface area contributed by atoms with Crippen molar-refractivity contribution in [2.24, 2.45) is 10.1 Å². The number of carbonyl (C=O) groups is 1. The Labute approximate surface area is 239 Å².